The highest BCUT2D eigenvalue weighted by molar-refractivity contribution is 7.89. The Morgan fingerprint density at radius 1 is 1.27 bits per heavy atom. The first kappa shape index (κ1) is 18.1. The fraction of sp³-hybridized carbons (Fsp3) is 0.231. The van der Waals surface area contributed by atoms with E-state index < -0.39 is 27.9 Å². The second-order valence-corrected chi connectivity index (χ2v) is 6.47. The zero-order valence-corrected chi connectivity index (χ0v) is 13.4. The topological polar surface area (TPSA) is 104 Å². The Kier molecular flexibility index (Phi) is 6.54. The average molecular weight is 346 g/mol. The van der Waals surface area contributed by atoms with E-state index in [9.17, 15) is 18.0 Å². The zero-order valence-electron chi connectivity index (χ0n) is 11.8. The van der Waals surface area contributed by atoms with Gasteiger partial charge < -0.3 is 0 Å². The molecule has 0 bridgehead atoms. The number of hydrogen-bond donors (Lipinski definition) is 3. The van der Waals surface area contributed by atoms with E-state index in [1.807, 2.05) is 0 Å². The van der Waals surface area contributed by atoms with Crippen molar-refractivity contribution in [3.05, 3.63) is 41.9 Å². The van der Waals surface area contributed by atoms with Crippen LogP contribution in [0.4, 0.5) is 0 Å². The molecular formula is C13H16ClN3O4S. The van der Waals surface area contributed by atoms with E-state index in [2.05, 4.69) is 22.2 Å². The molecule has 0 aromatic heterocycles. The summed E-state index contributed by atoms with van der Waals surface area (Å²) in [6.45, 7) is 4.68. The molecular weight excluding hydrogens is 330 g/mol. The van der Waals surface area contributed by atoms with Gasteiger partial charge in [-0.05, 0) is 30.7 Å². The lowest BCUT2D eigenvalue weighted by Crippen LogP contribution is -2.51. The summed E-state index contributed by atoms with van der Waals surface area (Å²) in [5.41, 5.74) is 4.21. The summed E-state index contributed by atoms with van der Waals surface area (Å²) in [5, 5.41) is 0.394. The summed E-state index contributed by atoms with van der Waals surface area (Å²) in [5.74, 6) is -1.18. The summed E-state index contributed by atoms with van der Waals surface area (Å²) in [4.78, 5) is 22.6. The fourth-order valence-electron chi connectivity index (χ4n) is 1.48. The molecule has 1 unspecified atom stereocenters. The summed E-state index contributed by atoms with van der Waals surface area (Å²) in [7, 11) is -3.91. The van der Waals surface area contributed by atoms with Crippen LogP contribution >= 0.6 is 11.6 Å². The predicted octanol–water partition coefficient (Wildman–Crippen LogP) is 0.730. The second-order valence-electron chi connectivity index (χ2n) is 4.32. The third-order valence-corrected chi connectivity index (χ3v) is 4.24. The Morgan fingerprint density at radius 3 is 2.36 bits per heavy atom. The number of rotatable bonds is 6. The summed E-state index contributed by atoms with van der Waals surface area (Å²) in [6, 6.07) is 4.39. The zero-order chi connectivity index (χ0) is 16.8. The van der Waals surface area contributed by atoms with Crippen molar-refractivity contribution in [2.24, 2.45) is 0 Å². The molecule has 120 valence electrons. The molecule has 1 aromatic rings. The number of sulfonamides is 1. The molecule has 0 radical (unpaired) electrons. The number of amides is 2. The molecule has 2 amide bonds. The summed E-state index contributed by atoms with van der Waals surface area (Å²) >= 11 is 5.71. The van der Waals surface area contributed by atoms with Crippen LogP contribution < -0.4 is 15.6 Å². The van der Waals surface area contributed by atoms with E-state index in [1.54, 1.807) is 0 Å². The molecule has 1 atom stereocenters. The number of benzene rings is 1. The minimum Gasteiger partial charge on any atom is -0.274 e. The molecule has 0 aliphatic heterocycles. The minimum atomic E-state index is -3.91. The van der Waals surface area contributed by atoms with Gasteiger partial charge in [-0.25, -0.2) is 8.42 Å². The molecule has 0 heterocycles. The van der Waals surface area contributed by atoms with Gasteiger partial charge in [-0.15, -0.1) is 6.58 Å². The molecule has 22 heavy (non-hydrogen) atoms. The highest BCUT2D eigenvalue weighted by atomic mass is 35.5. The molecule has 9 heteroatoms. The maximum atomic E-state index is 12.2. The van der Waals surface area contributed by atoms with E-state index in [1.165, 1.54) is 37.3 Å². The van der Waals surface area contributed by atoms with Crippen LogP contribution in [0.25, 0.3) is 0 Å². The number of carbonyl (C=O) groups is 2. The van der Waals surface area contributed by atoms with Gasteiger partial charge in [0.05, 0.1) is 4.90 Å². The van der Waals surface area contributed by atoms with Gasteiger partial charge in [0, 0.05) is 11.9 Å². The molecule has 1 rings (SSSR count). The Hall–Kier alpha value is -1.90. The Bertz CT molecular complexity index is 658. The number of hydrogen-bond acceptors (Lipinski definition) is 4. The van der Waals surface area contributed by atoms with Gasteiger partial charge in [0.15, 0.2) is 0 Å². The van der Waals surface area contributed by atoms with Crippen LogP contribution in [0.15, 0.2) is 41.8 Å². The maximum absolute atomic E-state index is 12.2. The van der Waals surface area contributed by atoms with Gasteiger partial charge >= 0.3 is 0 Å². The van der Waals surface area contributed by atoms with Crippen LogP contribution in [-0.2, 0) is 19.6 Å². The lowest BCUT2D eigenvalue weighted by Gasteiger charge is -2.17. The van der Waals surface area contributed by atoms with Gasteiger partial charge in [-0.1, -0.05) is 17.7 Å². The second kappa shape index (κ2) is 7.92. The summed E-state index contributed by atoms with van der Waals surface area (Å²) in [6.07, 6.45) is 1.45. The molecule has 0 fully saturated rings. The first-order chi connectivity index (χ1) is 10.3. The fourth-order valence-corrected chi connectivity index (χ4v) is 2.82. The Morgan fingerprint density at radius 2 is 1.86 bits per heavy atom. The van der Waals surface area contributed by atoms with Crippen molar-refractivity contribution >= 4 is 33.4 Å². The van der Waals surface area contributed by atoms with Gasteiger partial charge in [0.2, 0.25) is 15.9 Å². The van der Waals surface area contributed by atoms with Gasteiger partial charge in [-0.2, -0.15) is 4.72 Å². The average Bonchev–Trinajstić information content (AvgIpc) is 2.44. The highest BCUT2D eigenvalue weighted by Crippen LogP contribution is 2.14. The van der Waals surface area contributed by atoms with Gasteiger partial charge in [0.25, 0.3) is 5.91 Å². The lowest BCUT2D eigenvalue weighted by molar-refractivity contribution is -0.128. The molecule has 0 aliphatic carbocycles. The standard InChI is InChI=1S/C13H16ClN3O4S/c1-3-4-12(13(19)16-15-9(2)18)17-22(20,21)11-7-5-10(14)6-8-11/h3,5-8,12,17H,1,4H2,2H3,(H,15,18)(H,16,19). The molecule has 1 aromatic carbocycles. The number of nitrogens with one attached hydrogen (secondary N) is 3. The molecule has 7 nitrogen and oxygen atoms in total. The Labute approximate surface area is 133 Å². The molecule has 0 aliphatic rings. The SMILES string of the molecule is C=CCC(NS(=O)(=O)c1ccc(Cl)cc1)C(=O)NNC(C)=O. The van der Waals surface area contributed by atoms with Crippen molar-refractivity contribution in [1.82, 2.24) is 15.6 Å². The third kappa shape index (κ3) is 5.47. The normalized spacial score (nSPS) is 12.3. The van der Waals surface area contributed by atoms with Crippen molar-refractivity contribution in [1.29, 1.82) is 0 Å². The van der Waals surface area contributed by atoms with Gasteiger partial charge in [0.1, 0.15) is 6.04 Å². The number of halogens is 1. The van der Waals surface area contributed by atoms with E-state index in [4.69, 9.17) is 11.6 Å². The van der Waals surface area contributed by atoms with E-state index >= 15 is 0 Å². The van der Waals surface area contributed by atoms with Crippen molar-refractivity contribution in [2.75, 3.05) is 0 Å². The van der Waals surface area contributed by atoms with Crippen molar-refractivity contribution in [3.63, 3.8) is 0 Å². The van der Waals surface area contributed by atoms with Crippen LogP contribution in [0.5, 0.6) is 0 Å². The lowest BCUT2D eigenvalue weighted by atomic mass is 10.2. The third-order valence-electron chi connectivity index (χ3n) is 2.50. The first-order valence-electron chi connectivity index (χ1n) is 6.21. The van der Waals surface area contributed by atoms with Crippen LogP contribution in [0.2, 0.25) is 5.02 Å². The van der Waals surface area contributed by atoms with Crippen molar-refractivity contribution < 1.29 is 18.0 Å². The van der Waals surface area contributed by atoms with Crippen molar-refractivity contribution in [2.45, 2.75) is 24.3 Å². The van der Waals surface area contributed by atoms with Crippen LogP contribution in [0, 0.1) is 0 Å². The highest BCUT2D eigenvalue weighted by Gasteiger charge is 2.24. The van der Waals surface area contributed by atoms with Crippen molar-refractivity contribution in [3.8, 4) is 0 Å². The monoisotopic (exact) mass is 345 g/mol. The molecule has 0 saturated heterocycles. The van der Waals surface area contributed by atoms with E-state index in [0.29, 0.717) is 5.02 Å². The van der Waals surface area contributed by atoms with Crippen LogP contribution in [-0.4, -0.2) is 26.3 Å². The number of carbonyl (C=O) groups excluding carboxylic acids is 2. The van der Waals surface area contributed by atoms with Gasteiger partial charge in [-0.3, -0.25) is 20.4 Å². The molecule has 0 spiro atoms. The largest absolute Gasteiger partial charge is 0.274 e. The quantitative estimate of drug-likeness (QED) is 0.522. The molecule has 0 saturated carbocycles. The van der Waals surface area contributed by atoms with Crippen LogP contribution in [0.3, 0.4) is 0 Å². The summed E-state index contributed by atoms with van der Waals surface area (Å²) < 4.78 is 26.7. The smallest absolute Gasteiger partial charge is 0.256 e. The van der Waals surface area contributed by atoms with Crippen LogP contribution in [0.1, 0.15) is 13.3 Å². The molecule has 3 N–H and O–H groups in total. The Balaban J connectivity index is 2.88. The minimum absolute atomic E-state index is 0.0294. The number of hydrazine groups is 1. The first-order valence-corrected chi connectivity index (χ1v) is 8.07. The van der Waals surface area contributed by atoms with E-state index in [0.717, 1.165) is 0 Å². The van der Waals surface area contributed by atoms with E-state index in [-0.39, 0.29) is 11.3 Å². The maximum Gasteiger partial charge on any atom is 0.256 e. The predicted molar refractivity (Wildman–Crippen MR) is 82.3 cm³/mol.